The molecular formula is C30H26FN3O4. The lowest BCUT2D eigenvalue weighted by Gasteiger charge is -2.25. The fraction of sp³-hybridized carbons (Fsp3) is 0.133. The molecule has 8 heteroatoms. The highest BCUT2D eigenvalue weighted by Crippen LogP contribution is 2.33. The van der Waals surface area contributed by atoms with Gasteiger partial charge in [-0.25, -0.2) is 4.39 Å². The molecule has 3 N–H and O–H groups in total. The number of benzene rings is 4. The molecule has 0 saturated carbocycles. The first-order valence-corrected chi connectivity index (χ1v) is 12.1. The van der Waals surface area contributed by atoms with Crippen LogP contribution in [-0.4, -0.2) is 23.5 Å². The van der Waals surface area contributed by atoms with Crippen molar-refractivity contribution >= 4 is 17.5 Å². The summed E-state index contributed by atoms with van der Waals surface area (Å²) in [6.45, 7) is 0.945. The number of para-hydroxylation sites is 1. The van der Waals surface area contributed by atoms with Gasteiger partial charge in [0.15, 0.2) is 11.5 Å². The van der Waals surface area contributed by atoms with Crippen LogP contribution in [-0.2, 0) is 19.6 Å². The normalized spacial score (nSPS) is 11.7. The average molecular weight is 512 g/mol. The molecule has 0 bridgehead atoms. The van der Waals surface area contributed by atoms with Gasteiger partial charge >= 0.3 is 0 Å². The smallest absolute Gasteiger partial charge is 0.255 e. The van der Waals surface area contributed by atoms with Gasteiger partial charge in [0.05, 0.1) is 0 Å². The summed E-state index contributed by atoms with van der Waals surface area (Å²) in [4.78, 5) is 28.2. The minimum absolute atomic E-state index is 0.118. The summed E-state index contributed by atoms with van der Waals surface area (Å²) < 4.78 is 24.7. The third-order valence-electron chi connectivity index (χ3n) is 6.22. The first kappa shape index (κ1) is 25.0. The first-order valence-electron chi connectivity index (χ1n) is 12.1. The van der Waals surface area contributed by atoms with E-state index in [1.54, 1.807) is 35.2 Å². The van der Waals surface area contributed by atoms with Crippen LogP contribution >= 0.6 is 0 Å². The molecule has 38 heavy (non-hydrogen) atoms. The molecule has 1 aliphatic rings. The van der Waals surface area contributed by atoms with Crippen LogP contribution in [0.4, 0.5) is 10.1 Å². The van der Waals surface area contributed by atoms with E-state index in [1.807, 2.05) is 42.5 Å². The Labute approximate surface area is 219 Å². The maximum atomic E-state index is 13.9. The number of ether oxygens (including phenoxy) is 2. The molecule has 1 heterocycles. The molecule has 2 amide bonds. The monoisotopic (exact) mass is 511 g/mol. The summed E-state index contributed by atoms with van der Waals surface area (Å²) in [5.41, 5.74) is 9.57. The summed E-state index contributed by atoms with van der Waals surface area (Å²) >= 11 is 0. The van der Waals surface area contributed by atoms with E-state index in [1.165, 1.54) is 18.2 Å². The fourth-order valence-corrected chi connectivity index (χ4v) is 4.30. The highest BCUT2D eigenvalue weighted by molar-refractivity contribution is 6.05. The van der Waals surface area contributed by atoms with Crippen molar-refractivity contribution in [1.29, 1.82) is 0 Å². The van der Waals surface area contributed by atoms with Crippen LogP contribution in [0.3, 0.4) is 0 Å². The van der Waals surface area contributed by atoms with Gasteiger partial charge in [-0.3, -0.25) is 9.59 Å². The average Bonchev–Trinajstić information content (AvgIpc) is 3.41. The van der Waals surface area contributed by atoms with Gasteiger partial charge in [0.2, 0.25) is 6.79 Å². The van der Waals surface area contributed by atoms with Crippen molar-refractivity contribution in [2.45, 2.75) is 19.6 Å². The van der Waals surface area contributed by atoms with Crippen LogP contribution in [0, 0.1) is 5.82 Å². The van der Waals surface area contributed by atoms with Crippen LogP contribution in [0.2, 0.25) is 0 Å². The number of halogens is 1. The number of nitrogens with one attached hydrogen (secondary N) is 1. The fourth-order valence-electron chi connectivity index (χ4n) is 4.30. The quantitative estimate of drug-likeness (QED) is 0.343. The van der Waals surface area contributed by atoms with Gasteiger partial charge in [-0.05, 0) is 59.2 Å². The number of rotatable bonds is 8. The Morgan fingerprint density at radius 1 is 0.816 bits per heavy atom. The second kappa shape index (κ2) is 11.1. The summed E-state index contributed by atoms with van der Waals surface area (Å²) in [5.74, 6) is -0.0454. The number of hydrogen-bond donors (Lipinski definition) is 2. The number of nitrogens with two attached hydrogens (primary N) is 1. The summed E-state index contributed by atoms with van der Waals surface area (Å²) in [7, 11) is 0. The maximum absolute atomic E-state index is 13.9. The zero-order chi connectivity index (χ0) is 26.5. The van der Waals surface area contributed by atoms with Gasteiger partial charge in [-0.1, -0.05) is 48.5 Å². The third kappa shape index (κ3) is 5.66. The Hall–Kier alpha value is -4.69. The Morgan fingerprint density at radius 3 is 2.45 bits per heavy atom. The number of nitrogens with zero attached hydrogens (tertiary/aromatic N) is 1. The van der Waals surface area contributed by atoms with E-state index in [9.17, 15) is 14.0 Å². The van der Waals surface area contributed by atoms with Crippen molar-refractivity contribution in [1.82, 2.24) is 4.90 Å². The lowest BCUT2D eigenvalue weighted by atomic mass is 10.1. The van der Waals surface area contributed by atoms with Crippen LogP contribution < -0.4 is 20.5 Å². The van der Waals surface area contributed by atoms with E-state index in [2.05, 4.69) is 5.32 Å². The van der Waals surface area contributed by atoms with Gasteiger partial charge in [-0.15, -0.1) is 0 Å². The van der Waals surface area contributed by atoms with E-state index in [0.717, 1.165) is 16.7 Å². The molecule has 0 aromatic heterocycles. The zero-order valence-electron chi connectivity index (χ0n) is 20.5. The molecular weight excluding hydrogens is 485 g/mol. The highest BCUT2D eigenvalue weighted by Gasteiger charge is 2.21. The van der Waals surface area contributed by atoms with Gasteiger partial charge in [0.1, 0.15) is 5.82 Å². The molecule has 5 rings (SSSR count). The molecule has 4 aromatic rings. The minimum Gasteiger partial charge on any atom is -0.454 e. The highest BCUT2D eigenvalue weighted by atomic mass is 19.1. The third-order valence-corrected chi connectivity index (χ3v) is 6.22. The minimum atomic E-state index is -0.489. The van der Waals surface area contributed by atoms with Crippen molar-refractivity contribution in [2.24, 2.45) is 5.73 Å². The Kier molecular flexibility index (Phi) is 7.33. The predicted molar refractivity (Wildman–Crippen MR) is 141 cm³/mol. The van der Waals surface area contributed by atoms with Crippen molar-refractivity contribution in [2.75, 3.05) is 12.1 Å². The second-order valence-electron chi connectivity index (χ2n) is 8.87. The molecule has 0 spiro atoms. The summed E-state index contributed by atoms with van der Waals surface area (Å²) in [5, 5.41) is 2.94. The standard InChI is InChI=1S/C30H26FN3O4/c31-25-9-4-8-23(14-25)30(36)34(17-21-6-3-5-20(13-21)16-32)18-24-7-1-2-10-26(24)33-29(35)22-11-12-27-28(15-22)38-19-37-27/h1-15H,16-19,32H2,(H,33,35). The zero-order valence-corrected chi connectivity index (χ0v) is 20.5. The summed E-state index contributed by atoms with van der Waals surface area (Å²) in [6, 6.07) is 25.5. The van der Waals surface area contributed by atoms with E-state index in [0.29, 0.717) is 29.3 Å². The predicted octanol–water partition coefficient (Wildman–Crippen LogP) is 5.11. The van der Waals surface area contributed by atoms with Crippen LogP contribution in [0.15, 0.2) is 91.0 Å². The van der Waals surface area contributed by atoms with Crippen LogP contribution in [0.25, 0.3) is 0 Å². The molecule has 0 unspecified atom stereocenters. The second-order valence-corrected chi connectivity index (χ2v) is 8.87. The van der Waals surface area contributed by atoms with E-state index in [4.69, 9.17) is 15.2 Å². The number of carbonyl (C=O) groups is 2. The summed E-state index contributed by atoms with van der Waals surface area (Å²) in [6.07, 6.45) is 0. The number of carbonyl (C=O) groups excluding carboxylic acids is 2. The molecule has 1 aliphatic heterocycles. The molecule has 192 valence electrons. The number of anilines is 1. The maximum Gasteiger partial charge on any atom is 0.255 e. The lowest BCUT2D eigenvalue weighted by molar-refractivity contribution is 0.0730. The number of fused-ring (bicyclic) bond motifs is 1. The van der Waals surface area contributed by atoms with Crippen LogP contribution in [0.1, 0.15) is 37.4 Å². The van der Waals surface area contributed by atoms with Crippen molar-refractivity contribution in [3.05, 3.63) is 125 Å². The van der Waals surface area contributed by atoms with Gasteiger partial charge in [-0.2, -0.15) is 0 Å². The largest absolute Gasteiger partial charge is 0.454 e. The molecule has 0 radical (unpaired) electrons. The Morgan fingerprint density at radius 2 is 1.61 bits per heavy atom. The number of amides is 2. The Bertz CT molecular complexity index is 1490. The molecule has 0 fully saturated rings. The molecule has 4 aromatic carbocycles. The molecule has 0 saturated heterocycles. The lowest BCUT2D eigenvalue weighted by Crippen LogP contribution is -2.30. The molecule has 0 atom stereocenters. The van der Waals surface area contributed by atoms with E-state index in [-0.39, 0.29) is 37.3 Å². The van der Waals surface area contributed by atoms with Crippen molar-refractivity contribution in [3.63, 3.8) is 0 Å². The topological polar surface area (TPSA) is 93.9 Å². The van der Waals surface area contributed by atoms with Gasteiger partial charge in [0, 0.05) is 36.4 Å². The SMILES string of the molecule is NCc1cccc(CN(Cc2ccccc2NC(=O)c2ccc3c(c2)OCO3)C(=O)c2cccc(F)c2)c1. The van der Waals surface area contributed by atoms with Crippen LogP contribution in [0.5, 0.6) is 11.5 Å². The van der Waals surface area contributed by atoms with E-state index < -0.39 is 5.82 Å². The first-order chi connectivity index (χ1) is 18.5. The van der Waals surface area contributed by atoms with Gasteiger partial charge < -0.3 is 25.4 Å². The van der Waals surface area contributed by atoms with Crippen molar-refractivity contribution in [3.8, 4) is 11.5 Å². The molecule has 0 aliphatic carbocycles. The van der Waals surface area contributed by atoms with Gasteiger partial charge in [0.25, 0.3) is 11.8 Å². The number of hydrogen-bond acceptors (Lipinski definition) is 5. The van der Waals surface area contributed by atoms with E-state index >= 15 is 0 Å². The van der Waals surface area contributed by atoms with Crippen molar-refractivity contribution < 1.29 is 23.5 Å². The molecule has 7 nitrogen and oxygen atoms in total. The Balaban J connectivity index is 1.42.